The molecule has 178 valence electrons. The summed E-state index contributed by atoms with van der Waals surface area (Å²) in [4.78, 5) is 36.8. The normalized spacial score (nSPS) is 12.2. The number of sulfonamides is 1. The lowest BCUT2D eigenvalue weighted by molar-refractivity contribution is -0.123. The Morgan fingerprint density at radius 3 is 2.27 bits per heavy atom. The van der Waals surface area contributed by atoms with E-state index >= 15 is 0 Å². The van der Waals surface area contributed by atoms with Crippen molar-refractivity contribution >= 4 is 33.4 Å². The summed E-state index contributed by atoms with van der Waals surface area (Å²) in [6.45, 7) is 6.65. The average Bonchev–Trinajstić information content (AvgIpc) is 2.79. The maximum Gasteiger partial charge on any atom is 0.338 e. The van der Waals surface area contributed by atoms with Crippen LogP contribution in [0.15, 0.2) is 47.4 Å². The van der Waals surface area contributed by atoms with Gasteiger partial charge in [0, 0.05) is 18.7 Å². The van der Waals surface area contributed by atoms with E-state index in [-0.39, 0.29) is 35.1 Å². The Bertz CT molecular complexity index is 1140. The molecule has 0 saturated carbocycles. The zero-order valence-corrected chi connectivity index (χ0v) is 20.1. The third kappa shape index (κ3) is 5.96. The minimum Gasteiger partial charge on any atom is -0.495 e. The summed E-state index contributed by atoms with van der Waals surface area (Å²) < 4.78 is 37.6. The number of ketones is 1. The van der Waals surface area contributed by atoms with Gasteiger partial charge < -0.3 is 14.8 Å². The van der Waals surface area contributed by atoms with Crippen LogP contribution < -0.4 is 10.1 Å². The molecule has 2 aromatic carbocycles. The van der Waals surface area contributed by atoms with Gasteiger partial charge in [-0.3, -0.25) is 9.59 Å². The van der Waals surface area contributed by atoms with Crippen LogP contribution in [-0.2, 0) is 19.6 Å². The predicted octanol–water partition coefficient (Wildman–Crippen LogP) is 3.11. The van der Waals surface area contributed by atoms with Gasteiger partial charge in [0.25, 0.3) is 5.91 Å². The lowest BCUT2D eigenvalue weighted by Crippen LogP contribution is -2.32. The molecule has 10 heteroatoms. The van der Waals surface area contributed by atoms with Gasteiger partial charge in [0.2, 0.25) is 10.0 Å². The average molecular weight is 477 g/mol. The Morgan fingerprint density at radius 1 is 1.06 bits per heavy atom. The standard InChI is InChI=1S/C23H28N2O7S/c1-6-25(7-2)33(29,30)21-14-17(12-13-20(21)31-5)23(28)32-16(4)22(27)24-19-11-9-8-10-18(19)15(3)26/h8-14,16H,6-7H2,1-5H3,(H,24,27). The molecular formula is C23H28N2O7S. The van der Waals surface area contributed by atoms with Crippen LogP contribution in [0.2, 0.25) is 0 Å². The quantitative estimate of drug-likeness (QED) is 0.413. The molecule has 0 aromatic heterocycles. The van der Waals surface area contributed by atoms with E-state index in [4.69, 9.17) is 9.47 Å². The number of nitrogens with one attached hydrogen (secondary N) is 1. The van der Waals surface area contributed by atoms with Crippen LogP contribution in [0.3, 0.4) is 0 Å². The number of nitrogens with zero attached hydrogens (tertiary/aromatic N) is 1. The molecule has 1 amide bonds. The highest BCUT2D eigenvalue weighted by atomic mass is 32.2. The zero-order chi connectivity index (χ0) is 24.8. The molecule has 1 atom stereocenters. The van der Waals surface area contributed by atoms with Gasteiger partial charge in [0.05, 0.1) is 18.4 Å². The molecule has 1 N–H and O–H groups in total. The van der Waals surface area contributed by atoms with Crippen molar-refractivity contribution in [2.45, 2.75) is 38.7 Å². The number of benzene rings is 2. The second-order valence-electron chi connectivity index (χ2n) is 7.09. The monoisotopic (exact) mass is 476 g/mol. The fraction of sp³-hybridized carbons (Fsp3) is 0.348. The van der Waals surface area contributed by atoms with Crippen LogP contribution in [0.4, 0.5) is 5.69 Å². The van der Waals surface area contributed by atoms with Crippen molar-refractivity contribution in [3.8, 4) is 5.75 Å². The van der Waals surface area contributed by atoms with E-state index in [0.717, 1.165) is 0 Å². The van der Waals surface area contributed by atoms with Gasteiger partial charge in [-0.2, -0.15) is 4.31 Å². The number of carbonyl (C=O) groups is 3. The summed E-state index contributed by atoms with van der Waals surface area (Å²) in [6.07, 6.45) is -1.21. The first-order chi connectivity index (χ1) is 15.6. The largest absolute Gasteiger partial charge is 0.495 e. The first-order valence-electron chi connectivity index (χ1n) is 10.4. The summed E-state index contributed by atoms with van der Waals surface area (Å²) in [5.74, 6) is -1.65. The zero-order valence-electron chi connectivity index (χ0n) is 19.2. The second-order valence-corrected chi connectivity index (χ2v) is 9.00. The van der Waals surface area contributed by atoms with E-state index in [1.807, 2.05) is 0 Å². The van der Waals surface area contributed by atoms with Gasteiger partial charge in [-0.05, 0) is 44.2 Å². The molecule has 0 fully saturated rings. The van der Waals surface area contributed by atoms with Crippen LogP contribution in [-0.4, -0.2) is 56.7 Å². The lowest BCUT2D eigenvalue weighted by Gasteiger charge is -2.20. The van der Waals surface area contributed by atoms with Crippen molar-refractivity contribution in [1.29, 1.82) is 0 Å². The third-order valence-corrected chi connectivity index (χ3v) is 7.01. The van der Waals surface area contributed by atoms with Crippen molar-refractivity contribution in [1.82, 2.24) is 4.31 Å². The van der Waals surface area contributed by atoms with Gasteiger partial charge in [0.1, 0.15) is 10.6 Å². The van der Waals surface area contributed by atoms with Gasteiger partial charge in [-0.25, -0.2) is 13.2 Å². The highest BCUT2D eigenvalue weighted by Crippen LogP contribution is 2.28. The number of carbonyl (C=O) groups excluding carboxylic acids is 3. The molecule has 0 heterocycles. The van der Waals surface area contributed by atoms with Gasteiger partial charge in [0.15, 0.2) is 11.9 Å². The number of Topliss-reactive ketones (excluding diaryl/α,β-unsaturated/α-hetero) is 1. The number of rotatable bonds is 10. The number of amides is 1. The molecule has 0 radical (unpaired) electrons. The molecule has 1 unspecified atom stereocenters. The Labute approximate surface area is 193 Å². The Balaban J connectivity index is 2.25. The van der Waals surface area contributed by atoms with E-state index in [1.165, 1.54) is 43.5 Å². The molecule has 0 spiro atoms. The van der Waals surface area contributed by atoms with E-state index in [0.29, 0.717) is 11.3 Å². The fourth-order valence-electron chi connectivity index (χ4n) is 3.12. The maximum atomic E-state index is 13.0. The number of hydrogen-bond acceptors (Lipinski definition) is 7. The molecule has 2 aromatic rings. The minimum atomic E-state index is -3.91. The van der Waals surface area contributed by atoms with Gasteiger partial charge >= 0.3 is 5.97 Å². The van der Waals surface area contributed by atoms with Crippen molar-refractivity contribution in [3.63, 3.8) is 0 Å². The molecule has 0 aliphatic carbocycles. The molecule has 0 aliphatic rings. The number of para-hydroxylation sites is 1. The maximum absolute atomic E-state index is 13.0. The highest BCUT2D eigenvalue weighted by molar-refractivity contribution is 7.89. The first-order valence-corrected chi connectivity index (χ1v) is 11.8. The van der Waals surface area contributed by atoms with E-state index in [2.05, 4.69) is 5.32 Å². The predicted molar refractivity (Wildman–Crippen MR) is 123 cm³/mol. The van der Waals surface area contributed by atoms with Gasteiger partial charge in [-0.1, -0.05) is 26.0 Å². The Hall–Kier alpha value is -3.24. The third-order valence-electron chi connectivity index (χ3n) is 4.94. The molecular weight excluding hydrogens is 448 g/mol. The summed E-state index contributed by atoms with van der Waals surface area (Å²) in [5.41, 5.74) is 0.575. The van der Waals surface area contributed by atoms with E-state index < -0.39 is 28.0 Å². The molecule has 0 bridgehead atoms. The van der Waals surface area contributed by atoms with Gasteiger partial charge in [-0.15, -0.1) is 0 Å². The SMILES string of the molecule is CCN(CC)S(=O)(=O)c1cc(C(=O)OC(C)C(=O)Nc2ccccc2C(C)=O)ccc1OC. The molecule has 0 saturated heterocycles. The first kappa shape index (κ1) is 26.0. The smallest absolute Gasteiger partial charge is 0.338 e. The van der Waals surface area contributed by atoms with Crippen molar-refractivity contribution < 1.29 is 32.3 Å². The fourth-order valence-corrected chi connectivity index (χ4v) is 4.76. The van der Waals surface area contributed by atoms with Crippen molar-refractivity contribution in [2.75, 3.05) is 25.5 Å². The van der Waals surface area contributed by atoms with Crippen LogP contribution in [0, 0.1) is 0 Å². The molecule has 2 rings (SSSR count). The highest BCUT2D eigenvalue weighted by Gasteiger charge is 2.28. The summed E-state index contributed by atoms with van der Waals surface area (Å²) in [7, 11) is -2.58. The Morgan fingerprint density at radius 2 is 1.70 bits per heavy atom. The molecule has 0 aliphatic heterocycles. The number of esters is 1. The second kappa shape index (κ2) is 11.1. The van der Waals surface area contributed by atoms with Crippen LogP contribution >= 0.6 is 0 Å². The Kier molecular flexibility index (Phi) is 8.72. The van der Waals surface area contributed by atoms with Crippen LogP contribution in [0.1, 0.15) is 48.4 Å². The van der Waals surface area contributed by atoms with Crippen LogP contribution in [0.5, 0.6) is 5.75 Å². The lowest BCUT2D eigenvalue weighted by atomic mass is 10.1. The number of ether oxygens (including phenoxy) is 2. The number of anilines is 1. The minimum absolute atomic E-state index is 0.0506. The molecule has 33 heavy (non-hydrogen) atoms. The van der Waals surface area contributed by atoms with Crippen LogP contribution in [0.25, 0.3) is 0 Å². The summed E-state index contributed by atoms with van der Waals surface area (Å²) >= 11 is 0. The van der Waals surface area contributed by atoms with E-state index in [1.54, 1.807) is 38.1 Å². The van der Waals surface area contributed by atoms with E-state index in [9.17, 15) is 22.8 Å². The summed E-state index contributed by atoms with van der Waals surface area (Å²) in [5, 5.41) is 2.57. The number of hydrogen-bond donors (Lipinski definition) is 1. The molecule has 9 nitrogen and oxygen atoms in total. The summed E-state index contributed by atoms with van der Waals surface area (Å²) in [6, 6.07) is 10.4. The van der Waals surface area contributed by atoms with Crippen molar-refractivity contribution in [3.05, 3.63) is 53.6 Å². The van der Waals surface area contributed by atoms with Crippen molar-refractivity contribution in [2.24, 2.45) is 0 Å². The number of methoxy groups -OCH3 is 1. The topological polar surface area (TPSA) is 119 Å².